The van der Waals surface area contributed by atoms with Crippen molar-refractivity contribution in [1.82, 2.24) is 15.1 Å². The molecule has 3 aromatic rings. The average Bonchev–Trinajstić information content (AvgIpc) is 2.98. The van der Waals surface area contributed by atoms with E-state index in [0.717, 1.165) is 22.6 Å². The van der Waals surface area contributed by atoms with E-state index in [4.69, 9.17) is 11.6 Å². The molecule has 1 amide bonds. The van der Waals surface area contributed by atoms with E-state index in [9.17, 15) is 4.79 Å². The van der Waals surface area contributed by atoms with Crippen LogP contribution in [-0.2, 0) is 13.6 Å². The SMILES string of the molecule is Cc1nn(C)c(C)c1CN=C(NC(=O)c1ccccc1Cl)Nc1ccc(C(C)C)cc1. The van der Waals surface area contributed by atoms with Crippen LogP contribution in [0.1, 0.15) is 52.6 Å². The molecule has 2 aromatic carbocycles. The highest BCUT2D eigenvalue weighted by molar-refractivity contribution is 6.34. The summed E-state index contributed by atoms with van der Waals surface area (Å²) in [5.74, 6) is 0.471. The first kappa shape index (κ1) is 22.6. The van der Waals surface area contributed by atoms with Crippen molar-refractivity contribution >= 4 is 29.2 Å². The Morgan fingerprint density at radius 3 is 2.39 bits per heavy atom. The summed E-state index contributed by atoms with van der Waals surface area (Å²) in [5.41, 5.74) is 5.46. The Morgan fingerprint density at radius 1 is 1.13 bits per heavy atom. The van der Waals surface area contributed by atoms with Crippen LogP contribution in [0, 0.1) is 13.8 Å². The molecule has 0 aliphatic heterocycles. The summed E-state index contributed by atoms with van der Waals surface area (Å²) < 4.78 is 1.83. The molecule has 0 radical (unpaired) electrons. The highest BCUT2D eigenvalue weighted by atomic mass is 35.5. The minimum absolute atomic E-state index is 0.324. The molecular formula is C24H28ClN5O. The van der Waals surface area contributed by atoms with Crippen LogP contribution in [0.4, 0.5) is 5.69 Å². The van der Waals surface area contributed by atoms with Crippen molar-refractivity contribution in [2.24, 2.45) is 12.0 Å². The smallest absolute Gasteiger partial charge is 0.259 e. The standard InChI is InChI=1S/C24H28ClN5O/c1-15(2)18-10-12-19(13-11-18)27-24(26-14-21-16(3)29-30(5)17(21)4)28-23(31)20-8-6-7-9-22(20)25/h6-13,15H,14H2,1-5H3,(H2,26,27,28,31). The van der Waals surface area contributed by atoms with Crippen LogP contribution in [0.15, 0.2) is 53.5 Å². The van der Waals surface area contributed by atoms with E-state index >= 15 is 0 Å². The molecule has 0 aliphatic carbocycles. The van der Waals surface area contributed by atoms with Gasteiger partial charge in [0.25, 0.3) is 5.91 Å². The fourth-order valence-electron chi connectivity index (χ4n) is 3.22. The molecule has 6 nitrogen and oxygen atoms in total. The lowest BCUT2D eigenvalue weighted by Gasteiger charge is -2.14. The molecule has 0 saturated heterocycles. The maximum absolute atomic E-state index is 12.8. The fraction of sp³-hybridized carbons (Fsp3) is 0.292. The summed E-state index contributed by atoms with van der Waals surface area (Å²) in [6.07, 6.45) is 0. The molecule has 31 heavy (non-hydrogen) atoms. The monoisotopic (exact) mass is 437 g/mol. The van der Waals surface area contributed by atoms with Crippen molar-refractivity contribution in [2.75, 3.05) is 5.32 Å². The second-order valence-corrected chi connectivity index (χ2v) is 8.18. The normalized spacial score (nSPS) is 11.6. The maximum Gasteiger partial charge on any atom is 0.259 e. The van der Waals surface area contributed by atoms with Crippen molar-refractivity contribution in [2.45, 2.75) is 40.2 Å². The van der Waals surface area contributed by atoms with Gasteiger partial charge in [0.2, 0.25) is 5.96 Å². The van der Waals surface area contributed by atoms with E-state index in [1.54, 1.807) is 24.3 Å². The van der Waals surface area contributed by atoms with E-state index in [-0.39, 0.29) is 5.91 Å². The topological polar surface area (TPSA) is 71.3 Å². The van der Waals surface area contributed by atoms with Crippen LogP contribution in [0.3, 0.4) is 0 Å². The van der Waals surface area contributed by atoms with Crippen LogP contribution in [0.5, 0.6) is 0 Å². The average molecular weight is 438 g/mol. The zero-order valence-electron chi connectivity index (χ0n) is 18.5. The third kappa shape index (κ3) is 5.52. The van der Waals surface area contributed by atoms with E-state index < -0.39 is 0 Å². The Balaban J connectivity index is 1.87. The minimum atomic E-state index is -0.324. The summed E-state index contributed by atoms with van der Waals surface area (Å²) in [6.45, 7) is 8.65. The lowest BCUT2D eigenvalue weighted by Crippen LogP contribution is -2.36. The molecule has 2 N–H and O–H groups in total. The maximum atomic E-state index is 12.8. The molecule has 0 atom stereocenters. The second-order valence-electron chi connectivity index (χ2n) is 7.77. The van der Waals surface area contributed by atoms with Crippen LogP contribution >= 0.6 is 11.6 Å². The third-order valence-electron chi connectivity index (χ3n) is 5.24. The number of amides is 1. The van der Waals surface area contributed by atoms with Crippen molar-refractivity contribution < 1.29 is 4.79 Å². The molecule has 162 valence electrons. The summed E-state index contributed by atoms with van der Waals surface area (Å²) >= 11 is 6.19. The number of hydrogen-bond donors (Lipinski definition) is 2. The molecule has 0 spiro atoms. The van der Waals surface area contributed by atoms with Gasteiger partial charge in [0.05, 0.1) is 22.8 Å². The highest BCUT2D eigenvalue weighted by Gasteiger charge is 2.14. The number of halogens is 1. The number of benzene rings is 2. The minimum Gasteiger partial charge on any atom is -0.326 e. The Morgan fingerprint density at radius 2 is 1.81 bits per heavy atom. The van der Waals surface area contributed by atoms with Crippen LogP contribution in [0.2, 0.25) is 5.02 Å². The van der Waals surface area contributed by atoms with Crippen molar-refractivity contribution in [3.05, 3.63) is 81.6 Å². The number of anilines is 1. The Bertz CT molecular complexity index is 1100. The Kier molecular flexibility index (Phi) is 7.13. The van der Waals surface area contributed by atoms with Crippen molar-refractivity contribution in [1.29, 1.82) is 0 Å². The predicted molar refractivity (Wildman–Crippen MR) is 127 cm³/mol. The molecule has 0 saturated carbocycles. The quantitative estimate of drug-likeness (QED) is 0.425. The van der Waals surface area contributed by atoms with Crippen molar-refractivity contribution in [3.63, 3.8) is 0 Å². The van der Waals surface area contributed by atoms with Gasteiger partial charge in [-0.1, -0.05) is 49.7 Å². The van der Waals surface area contributed by atoms with Gasteiger partial charge in [-0.15, -0.1) is 0 Å². The molecule has 0 aliphatic rings. The molecule has 0 unspecified atom stereocenters. The molecule has 1 aromatic heterocycles. The first-order chi connectivity index (χ1) is 14.8. The van der Waals surface area contributed by atoms with Gasteiger partial charge in [-0.3, -0.25) is 14.8 Å². The van der Waals surface area contributed by atoms with Gasteiger partial charge in [0.1, 0.15) is 0 Å². The van der Waals surface area contributed by atoms with Gasteiger partial charge < -0.3 is 5.32 Å². The molecule has 7 heteroatoms. The summed E-state index contributed by atoms with van der Waals surface area (Å²) in [6, 6.07) is 15.0. The zero-order valence-corrected chi connectivity index (χ0v) is 19.3. The second kappa shape index (κ2) is 9.79. The molecule has 0 fully saturated rings. The number of aromatic nitrogens is 2. The lowest BCUT2D eigenvalue weighted by molar-refractivity contribution is 0.0977. The van der Waals surface area contributed by atoms with Crippen LogP contribution in [0.25, 0.3) is 0 Å². The molecule has 1 heterocycles. The number of aliphatic imine (C=N–C) groups is 1. The number of hydrogen-bond acceptors (Lipinski definition) is 3. The van der Waals surface area contributed by atoms with Gasteiger partial charge in [-0.25, -0.2) is 4.99 Å². The van der Waals surface area contributed by atoms with E-state index in [0.29, 0.717) is 29.0 Å². The molecule has 3 rings (SSSR count). The first-order valence-electron chi connectivity index (χ1n) is 10.2. The van der Waals surface area contributed by atoms with E-state index in [2.05, 4.69) is 46.7 Å². The van der Waals surface area contributed by atoms with Crippen LogP contribution < -0.4 is 10.6 Å². The number of carbonyl (C=O) groups is 1. The number of aryl methyl sites for hydroxylation is 2. The largest absolute Gasteiger partial charge is 0.326 e. The fourth-order valence-corrected chi connectivity index (χ4v) is 3.44. The lowest BCUT2D eigenvalue weighted by atomic mass is 10.0. The number of nitrogens with one attached hydrogen (secondary N) is 2. The van der Waals surface area contributed by atoms with E-state index in [1.807, 2.05) is 37.7 Å². The summed E-state index contributed by atoms with van der Waals surface area (Å²) in [5, 5.41) is 10.9. The Labute approximate surface area is 188 Å². The Hall–Kier alpha value is -3.12. The van der Waals surface area contributed by atoms with E-state index in [1.165, 1.54) is 5.56 Å². The van der Waals surface area contributed by atoms with Crippen LogP contribution in [-0.4, -0.2) is 21.6 Å². The molecule has 0 bridgehead atoms. The highest BCUT2D eigenvalue weighted by Crippen LogP contribution is 2.18. The zero-order chi connectivity index (χ0) is 22.5. The first-order valence-corrected chi connectivity index (χ1v) is 10.6. The summed E-state index contributed by atoms with van der Waals surface area (Å²) in [7, 11) is 1.91. The molecular weight excluding hydrogens is 410 g/mol. The van der Waals surface area contributed by atoms with Gasteiger partial charge >= 0.3 is 0 Å². The summed E-state index contributed by atoms with van der Waals surface area (Å²) in [4.78, 5) is 17.5. The number of carbonyl (C=O) groups excluding carboxylic acids is 1. The van der Waals surface area contributed by atoms with Gasteiger partial charge in [0.15, 0.2) is 0 Å². The van der Waals surface area contributed by atoms with Gasteiger partial charge in [0, 0.05) is 24.0 Å². The van der Waals surface area contributed by atoms with Gasteiger partial charge in [-0.05, 0) is 49.6 Å². The van der Waals surface area contributed by atoms with Gasteiger partial charge in [-0.2, -0.15) is 5.10 Å². The number of guanidine groups is 1. The number of nitrogens with zero attached hydrogens (tertiary/aromatic N) is 3. The predicted octanol–water partition coefficient (Wildman–Crippen LogP) is 5.21. The third-order valence-corrected chi connectivity index (χ3v) is 5.57. The van der Waals surface area contributed by atoms with Crippen molar-refractivity contribution in [3.8, 4) is 0 Å². The number of rotatable bonds is 5.